The number of aliphatic hydroxyl groups is 2. The van der Waals surface area contributed by atoms with Crippen molar-refractivity contribution >= 4 is 5.97 Å². The van der Waals surface area contributed by atoms with Crippen molar-refractivity contribution in [1.29, 1.82) is 0 Å². The van der Waals surface area contributed by atoms with Crippen LogP contribution in [0.15, 0.2) is 54.7 Å². The summed E-state index contributed by atoms with van der Waals surface area (Å²) in [6, 6.07) is 13.3. The van der Waals surface area contributed by atoms with Crippen LogP contribution in [0.2, 0.25) is 0 Å². The van der Waals surface area contributed by atoms with Gasteiger partial charge in [-0.05, 0) is 54.8 Å². The largest absolute Gasteiger partial charge is 1.00 e. The van der Waals surface area contributed by atoms with Gasteiger partial charge in [0, 0.05) is 42.4 Å². The number of aromatic nitrogens is 1. The number of halogens is 1. The van der Waals surface area contributed by atoms with Gasteiger partial charge in [-0.3, -0.25) is 0 Å². The first-order valence-corrected chi connectivity index (χ1v) is 11.5. The smallest absolute Gasteiger partial charge is 0.550 e. The topological polar surface area (TPSA) is 121 Å². The predicted molar refractivity (Wildman–Crippen MR) is 128 cm³/mol. The molecule has 1 unspecified atom stereocenters. The molecule has 0 saturated heterocycles. The number of carbonyl (C=O) groups is 1. The Morgan fingerprint density at radius 3 is 2.46 bits per heavy atom. The summed E-state index contributed by atoms with van der Waals surface area (Å²) < 4.78 is 31.3. The Bertz CT molecular complexity index is 1160. The molecule has 3 rings (SSSR count). The van der Waals surface area contributed by atoms with Crippen LogP contribution >= 0.6 is 0 Å². The molecular formula is C27H29FNNaO7. The maximum Gasteiger partial charge on any atom is 1.00 e. The van der Waals surface area contributed by atoms with E-state index in [-0.39, 0.29) is 55.1 Å². The number of rotatable bonds is 13. The molecule has 0 fully saturated rings. The van der Waals surface area contributed by atoms with Gasteiger partial charge in [0.1, 0.15) is 30.9 Å². The van der Waals surface area contributed by atoms with Gasteiger partial charge >= 0.3 is 29.6 Å². The summed E-state index contributed by atoms with van der Waals surface area (Å²) in [7, 11) is 0. The van der Waals surface area contributed by atoms with E-state index < -0.39 is 30.6 Å². The maximum atomic E-state index is 14.7. The first kappa shape index (κ1) is 30.7. The van der Waals surface area contributed by atoms with Gasteiger partial charge in [-0.15, -0.1) is 0 Å². The average Bonchev–Trinajstić information content (AvgIpc) is 2.87. The van der Waals surface area contributed by atoms with Crippen molar-refractivity contribution < 1.29 is 68.3 Å². The summed E-state index contributed by atoms with van der Waals surface area (Å²) in [4.78, 5) is 15.1. The molecule has 8 nitrogen and oxygen atoms in total. The van der Waals surface area contributed by atoms with Crippen molar-refractivity contribution in [3.8, 4) is 22.8 Å². The SMILES string of the molecule is CCO[C@@H](CC(=O)[O-])c1ccc(OCc2ccc(F)c(-c3cnc(OCC(O)CO)cc3C)c2)cc1.[Na+]. The van der Waals surface area contributed by atoms with E-state index in [0.717, 1.165) is 11.1 Å². The van der Waals surface area contributed by atoms with Gasteiger partial charge in [0.25, 0.3) is 0 Å². The van der Waals surface area contributed by atoms with Gasteiger partial charge in [0.2, 0.25) is 5.88 Å². The second-order valence-electron chi connectivity index (χ2n) is 8.18. The van der Waals surface area contributed by atoms with Gasteiger partial charge in [-0.25, -0.2) is 9.37 Å². The van der Waals surface area contributed by atoms with Crippen molar-refractivity contribution in [3.63, 3.8) is 0 Å². The van der Waals surface area contributed by atoms with Crippen LogP contribution in [0.5, 0.6) is 11.6 Å². The first-order valence-electron chi connectivity index (χ1n) is 11.5. The van der Waals surface area contributed by atoms with Crippen molar-refractivity contribution in [1.82, 2.24) is 4.98 Å². The van der Waals surface area contributed by atoms with Crippen molar-refractivity contribution in [2.45, 2.75) is 39.1 Å². The van der Waals surface area contributed by atoms with Crippen LogP contribution in [-0.2, 0) is 16.1 Å². The summed E-state index contributed by atoms with van der Waals surface area (Å²) in [5.41, 5.74) is 3.12. The fourth-order valence-electron chi connectivity index (χ4n) is 3.56. The summed E-state index contributed by atoms with van der Waals surface area (Å²) in [6.45, 7) is 3.63. The fraction of sp³-hybridized carbons (Fsp3) is 0.333. The van der Waals surface area contributed by atoms with Crippen LogP contribution < -0.4 is 44.1 Å². The van der Waals surface area contributed by atoms with Gasteiger partial charge in [-0.1, -0.05) is 18.2 Å². The van der Waals surface area contributed by atoms with Gasteiger partial charge < -0.3 is 34.3 Å². The number of carboxylic acids is 1. The maximum absolute atomic E-state index is 14.7. The van der Waals surface area contributed by atoms with E-state index in [0.29, 0.717) is 29.0 Å². The molecule has 0 radical (unpaired) electrons. The number of carboxylic acid groups (broad SMARTS) is 1. The van der Waals surface area contributed by atoms with E-state index in [1.807, 2.05) is 0 Å². The Balaban J connectivity index is 0.00000481. The van der Waals surface area contributed by atoms with Crippen LogP contribution in [0.4, 0.5) is 4.39 Å². The molecule has 1 heterocycles. The normalized spacial score (nSPS) is 12.4. The number of benzene rings is 2. The number of aliphatic carboxylic acids is 1. The van der Waals surface area contributed by atoms with Crippen LogP contribution in [0.25, 0.3) is 11.1 Å². The van der Waals surface area contributed by atoms with E-state index in [9.17, 15) is 19.4 Å². The van der Waals surface area contributed by atoms with Gasteiger partial charge in [-0.2, -0.15) is 0 Å². The summed E-state index contributed by atoms with van der Waals surface area (Å²) in [5.74, 6) is -0.766. The molecule has 0 amide bonds. The molecule has 0 spiro atoms. The first-order chi connectivity index (χ1) is 17.3. The Kier molecular flexibility index (Phi) is 12.5. The molecular weight excluding hydrogens is 492 g/mol. The number of aryl methyl sites for hydroxylation is 1. The van der Waals surface area contributed by atoms with E-state index in [1.54, 1.807) is 56.3 Å². The molecule has 1 aromatic heterocycles. The molecule has 10 heteroatoms. The number of hydrogen-bond donors (Lipinski definition) is 2. The molecule has 0 bridgehead atoms. The van der Waals surface area contributed by atoms with Crippen molar-refractivity contribution in [2.75, 3.05) is 19.8 Å². The number of ether oxygens (including phenoxy) is 3. The third-order valence-electron chi connectivity index (χ3n) is 5.42. The zero-order valence-electron chi connectivity index (χ0n) is 21.1. The Labute approximate surface area is 237 Å². The Hall–Kier alpha value is -2.53. The third-order valence-corrected chi connectivity index (χ3v) is 5.42. The summed E-state index contributed by atoms with van der Waals surface area (Å²) >= 11 is 0. The number of nitrogens with zero attached hydrogens (tertiary/aromatic N) is 1. The second-order valence-corrected chi connectivity index (χ2v) is 8.18. The quantitative estimate of drug-likeness (QED) is 0.295. The number of hydrogen-bond acceptors (Lipinski definition) is 8. The number of carbonyl (C=O) groups excluding carboxylic acids is 1. The van der Waals surface area contributed by atoms with Gasteiger partial charge in [0.15, 0.2) is 0 Å². The minimum Gasteiger partial charge on any atom is -0.550 e. The molecule has 37 heavy (non-hydrogen) atoms. The molecule has 0 aliphatic carbocycles. The predicted octanol–water partition coefficient (Wildman–Crippen LogP) is -0.271. The molecule has 0 aliphatic rings. The summed E-state index contributed by atoms with van der Waals surface area (Å²) in [6.07, 6.45) is -0.343. The molecule has 2 N–H and O–H groups in total. The average molecular weight is 522 g/mol. The standard InChI is InChI=1S/C27H30FNO7.Na/c1-3-34-25(12-27(32)33)19-5-7-21(8-6-19)35-15-18-4-9-24(28)22(11-18)23-13-29-26(10-17(23)2)36-16-20(31)14-30;/h4-11,13,20,25,30-31H,3,12,14-16H2,1-2H3,(H,32,33);/q;+1/p-1/t20?,25-;/m0./s1. The van der Waals surface area contributed by atoms with Crippen LogP contribution in [-0.4, -0.2) is 47.1 Å². The van der Waals surface area contributed by atoms with E-state index in [4.69, 9.17) is 19.3 Å². The van der Waals surface area contributed by atoms with Gasteiger partial charge in [0.05, 0.1) is 12.7 Å². The molecule has 0 saturated carbocycles. The van der Waals surface area contributed by atoms with E-state index >= 15 is 0 Å². The fourth-order valence-corrected chi connectivity index (χ4v) is 3.56. The zero-order valence-corrected chi connectivity index (χ0v) is 23.1. The number of aliphatic hydroxyl groups excluding tert-OH is 2. The Morgan fingerprint density at radius 1 is 1.11 bits per heavy atom. The molecule has 3 aromatic rings. The van der Waals surface area contributed by atoms with Crippen molar-refractivity contribution in [2.24, 2.45) is 0 Å². The van der Waals surface area contributed by atoms with E-state index in [2.05, 4.69) is 4.98 Å². The monoisotopic (exact) mass is 521 g/mol. The minimum absolute atomic E-state index is 0. The second kappa shape index (κ2) is 15.0. The van der Waals surface area contributed by atoms with Crippen LogP contribution in [0, 0.1) is 12.7 Å². The summed E-state index contributed by atoms with van der Waals surface area (Å²) in [5, 5.41) is 29.3. The molecule has 2 atom stereocenters. The molecule has 2 aromatic carbocycles. The van der Waals surface area contributed by atoms with E-state index in [1.165, 1.54) is 12.3 Å². The Morgan fingerprint density at radius 2 is 1.84 bits per heavy atom. The van der Waals surface area contributed by atoms with Crippen LogP contribution in [0.3, 0.4) is 0 Å². The van der Waals surface area contributed by atoms with Crippen LogP contribution in [0.1, 0.15) is 36.1 Å². The van der Waals surface area contributed by atoms with Crippen molar-refractivity contribution in [3.05, 3.63) is 77.2 Å². The third kappa shape index (κ3) is 9.07. The minimum atomic E-state index is -1.19. The molecule has 192 valence electrons. The zero-order chi connectivity index (χ0) is 26.1. The molecule has 0 aliphatic heterocycles. The number of pyridine rings is 1.